The Hall–Kier alpha value is -3.13. The third kappa shape index (κ3) is 3.16. The van der Waals surface area contributed by atoms with E-state index in [1.807, 2.05) is 30.5 Å². The van der Waals surface area contributed by atoms with Crippen molar-refractivity contribution >= 4 is 27.4 Å². The molecule has 0 bridgehead atoms. The van der Waals surface area contributed by atoms with Crippen molar-refractivity contribution in [3.05, 3.63) is 53.2 Å². The molecule has 1 aromatic carbocycles. The number of ether oxygens (including phenoxy) is 2. The normalized spacial score (nSPS) is 13.0. The number of anilines is 1. The number of aryl methyl sites for hydroxylation is 1. The summed E-state index contributed by atoms with van der Waals surface area (Å²) in [4.78, 5) is 11.7. The second-order valence-electron chi connectivity index (χ2n) is 6.44. The fraction of sp³-hybridized carbons (Fsp3) is 0.250. The molecule has 1 aliphatic heterocycles. The molecule has 0 aliphatic carbocycles. The molecular weight excluding hydrogens is 374 g/mol. The third-order valence-corrected chi connectivity index (χ3v) is 5.73. The zero-order valence-electron chi connectivity index (χ0n) is 15.4. The van der Waals surface area contributed by atoms with Gasteiger partial charge in [-0.25, -0.2) is 4.68 Å². The summed E-state index contributed by atoms with van der Waals surface area (Å²) in [6, 6.07) is 10.0. The lowest BCUT2D eigenvalue weighted by atomic mass is 10.2. The minimum atomic E-state index is 0.562. The summed E-state index contributed by atoms with van der Waals surface area (Å²) in [5, 5.41) is 8.77. The van der Waals surface area contributed by atoms with Gasteiger partial charge in [0.15, 0.2) is 11.5 Å². The van der Waals surface area contributed by atoms with Gasteiger partial charge in [-0.1, -0.05) is 13.0 Å². The van der Waals surface area contributed by atoms with Gasteiger partial charge in [-0.15, -0.1) is 11.3 Å². The van der Waals surface area contributed by atoms with Crippen LogP contribution in [0.5, 0.6) is 11.5 Å². The van der Waals surface area contributed by atoms with E-state index in [1.54, 1.807) is 22.2 Å². The van der Waals surface area contributed by atoms with Gasteiger partial charge in [-0.2, -0.15) is 15.1 Å². The van der Waals surface area contributed by atoms with E-state index in [-0.39, 0.29) is 0 Å². The van der Waals surface area contributed by atoms with Crippen molar-refractivity contribution in [2.75, 3.05) is 18.5 Å². The van der Waals surface area contributed by atoms with Crippen molar-refractivity contribution in [1.29, 1.82) is 0 Å². The predicted molar refractivity (Wildman–Crippen MR) is 109 cm³/mol. The molecule has 5 rings (SSSR count). The minimum absolute atomic E-state index is 0.562. The largest absolute Gasteiger partial charge is 0.486 e. The number of nitrogens with one attached hydrogen (secondary N) is 1. The molecular formula is C20H19N5O2S. The minimum Gasteiger partial charge on any atom is -0.486 e. The molecule has 28 heavy (non-hydrogen) atoms. The van der Waals surface area contributed by atoms with E-state index in [9.17, 15) is 0 Å². The number of aromatic nitrogens is 4. The molecule has 0 unspecified atom stereocenters. The number of hydrogen-bond donors (Lipinski definition) is 1. The highest BCUT2D eigenvalue weighted by Gasteiger charge is 2.14. The number of fused-ring (bicyclic) bond motifs is 2. The second kappa shape index (κ2) is 7.12. The molecule has 0 amide bonds. The molecule has 0 fully saturated rings. The van der Waals surface area contributed by atoms with Gasteiger partial charge in [0.2, 0.25) is 0 Å². The molecule has 0 saturated heterocycles. The molecule has 1 N–H and O–H groups in total. The van der Waals surface area contributed by atoms with Crippen LogP contribution in [0.4, 0.5) is 5.82 Å². The zero-order chi connectivity index (χ0) is 18.9. The molecule has 4 aromatic rings. The van der Waals surface area contributed by atoms with Gasteiger partial charge >= 0.3 is 0 Å². The summed E-state index contributed by atoms with van der Waals surface area (Å²) in [6.45, 7) is 3.95. The standard InChI is InChI=1S/C20H19N5O2S/c1-2-14-11-15-18(23-20(24-19(15)28-14)25-7-3-6-22-25)21-12-13-4-5-16-17(10-13)27-9-8-26-16/h3-7,10-11H,2,8-9,12H2,1H3,(H,21,23,24). The topological polar surface area (TPSA) is 74.1 Å². The van der Waals surface area contributed by atoms with Crippen molar-refractivity contribution in [2.45, 2.75) is 19.9 Å². The van der Waals surface area contributed by atoms with Gasteiger partial charge in [0.1, 0.15) is 23.9 Å². The van der Waals surface area contributed by atoms with Crippen molar-refractivity contribution in [3.8, 4) is 17.4 Å². The first kappa shape index (κ1) is 17.0. The van der Waals surface area contributed by atoms with Gasteiger partial charge in [0, 0.05) is 23.8 Å². The number of hydrogen-bond acceptors (Lipinski definition) is 7. The molecule has 0 spiro atoms. The monoisotopic (exact) mass is 393 g/mol. The summed E-state index contributed by atoms with van der Waals surface area (Å²) in [7, 11) is 0. The van der Waals surface area contributed by atoms with E-state index < -0.39 is 0 Å². The van der Waals surface area contributed by atoms with E-state index in [0.717, 1.165) is 39.5 Å². The Morgan fingerprint density at radius 2 is 2.04 bits per heavy atom. The van der Waals surface area contributed by atoms with Crippen LogP contribution in [0.1, 0.15) is 17.4 Å². The van der Waals surface area contributed by atoms with Crippen molar-refractivity contribution in [1.82, 2.24) is 19.7 Å². The maximum Gasteiger partial charge on any atom is 0.253 e. The smallest absolute Gasteiger partial charge is 0.253 e. The van der Waals surface area contributed by atoms with Crippen LogP contribution in [0.25, 0.3) is 16.2 Å². The van der Waals surface area contributed by atoms with Crippen LogP contribution in [0.2, 0.25) is 0 Å². The maximum absolute atomic E-state index is 5.68. The fourth-order valence-corrected chi connectivity index (χ4v) is 4.10. The highest BCUT2D eigenvalue weighted by Crippen LogP contribution is 2.32. The van der Waals surface area contributed by atoms with Gasteiger partial charge in [0.05, 0.1) is 5.39 Å². The van der Waals surface area contributed by atoms with E-state index in [1.165, 1.54) is 4.88 Å². The Kier molecular flexibility index (Phi) is 4.32. The van der Waals surface area contributed by atoms with Crippen molar-refractivity contribution in [2.24, 2.45) is 0 Å². The average Bonchev–Trinajstić information content (AvgIpc) is 3.41. The zero-order valence-corrected chi connectivity index (χ0v) is 16.2. The number of rotatable bonds is 5. The van der Waals surface area contributed by atoms with Gasteiger partial charge < -0.3 is 14.8 Å². The Balaban J connectivity index is 1.48. The molecule has 142 valence electrons. The van der Waals surface area contributed by atoms with Crippen LogP contribution in [0.15, 0.2) is 42.7 Å². The van der Waals surface area contributed by atoms with Crippen molar-refractivity contribution in [3.63, 3.8) is 0 Å². The summed E-state index contributed by atoms with van der Waals surface area (Å²) in [5.41, 5.74) is 1.10. The Bertz CT molecular complexity index is 1120. The second-order valence-corrected chi connectivity index (χ2v) is 7.55. The SMILES string of the molecule is CCc1cc2c(NCc3ccc4c(c3)OCCO4)nc(-n3cccn3)nc2s1. The van der Waals surface area contributed by atoms with Crippen LogP contribution < -0.4 is 14.8 Å². The number of nitrogens with zero attached hydrogens (tertiary/aromatic N) is 4. The maximum atomic E-state index is 5.68. The molecule has 7 nitrogen and oxygen atoms in total. The van der Waals surface area contributed by atoms with E-state index in [2.05, 4.69) is 23.4 Å². The lowest BCUT2D eigenvalue weighted by molar-refractivity contribution is 0.171. The molecule has 8 heteroatoms. The van der Waals surface area contributed by atoms with Crippen LogP contribution >= 0.6 is 11.3 Å². The van der Waals surface area contributed by atoms with Gasteiger partial charge in [0.25, 0.3) is 5.95 Å². The molecule has 0 atom stereocenters. The molecule has 0 radical (unpaired) electrons. The molecule has 1 aliphatic rings. The summed E-state index contributed by atoms with van der Waals surface area (Å²) in [5.74, 6) is 2.96. The Morgan fingerprint density at radius 3 is 2.86 bits per heavy atom. The molecule has 3 aromatic heterocycles. The highest BCUT2D eigenvalue weighted by atomic mass is 32.1. The summed E-state index contributed by atoms with van der Waals surface area (Å²) < 4.78 is 13.0. The third-order valence-electron chi connectivity index (χ3n) is 4.56. The van der Waals surface area contributed by atoms with Crippen LogP contribution in [0.3, 0.4) is 0 Å². The predicted octanol–water partition coefficient (Wildman–Crippen LogP) is 3.82. The first-order chi connectivity index (χ1) is 13.8. The summed E-state index contributed by atoms with van der Waals surface area (Å²) in [6.07, 6.45) is 4.54. The van der Waals surface area contributed by atoms with Gasteiger partial charge in [-0.05, 0) is 36.2 Å². The lowest BCUT2D eigenvalue weighted by Gasteiger charge is -2.19. The van der Waals surface area contributed by atoms with Crippen molar-refractivity contribution < 1.29 is 9.47 Å². The Morgan fingerprint density at radius 1 is 1.14 bits per heavy atom. The number of benzene rings is 1. The first-order valence-corrected chi connectivity index (χ1v) is 10.0. The van der Waals surface area contributed by atoms with Crippen LogP contribution in [0, 0.1) is 0 Å². The van der Waals surface area contributed by atoms with E-state index in [4.69, 9.17) is 19.4 Å². The summed E-state index contributed by atoms with van der Waals surface area (Å²) >= 11 is 1.69. The quantitative estimate of drug-likeness (QED) is 0.556. The lowest BCUT2D eigenvalue weighted by Crippen LogP contribution is -2.15. The molecule has 4 heterocycles. The van der Waals surface area contributed by atoms with E-state index >= 15 is 0 Å². The van der Waals surface area contributed by atoms with Crippen LogP contribution in [-0.4, -0.2) is 33.0 Å². The fourth-order valence-electron chi connectivity index (χ4n) is 3.14. The van der Waals surface area contributed by atoms with E-state index in [0.29, 0.717) is 25.7 Å². The Labute approximate surface area is 166 Å². The molecule has 0 saturated carbocycles. The first-order valence-electron chi connectivity index (χ1n) is 9.23. The number of thiophene rings is 1. The van der Waals surface area contributed by atoms with Crippen LogP contribution in [-0.2, 0) is 13.0 Å². The highest BCUT2D eigenvalue weighted by molar-refractivity contribution is 7.18. The average molecular weight is 393 g/mol. The van der Waals surface area contributed by atoms with Gasteiger partial charge in [-0.3, -0.25) is 0 Å².